The average molecular weight is 252 g/mol. The Bertz CT molecular complexity index is 327. The zero-order valence-corrected chi connectivity index (χ0v) is 11.9. The molecular weight excluding hydrogens is 228 g/mol. The van der Waals surface area contributed by atoms with E-state index in [9.17, 15) is 0 Å². The average Bonchev–Trinajstić information content (AvgIpc) is 2.80. The van der Waals surface area contributed by atoms with Crippen LogP contribution >= 0.6 is 11.3 Å². The largest absolute Gasteiger partial charge is 0.310 e. The van der Waals surface area contributed by atoms with Crippen LogP contribution in [0.2, 0.25) is 0 Å². The maximum atomic E-state index is 4.44. The summed E-state index contributed by atoms with van der Waals surface area (Å²) in [5.74, 6) is 1.86. The van der Waals surface area contributed by atoms with Crippen LogP contribution in [-0.2, 0) is 13.0 Å². The molecule has 1 aliphatic rings. The number of nitrogens with one attached hydrogen (secondary N) is 1. The van der Waals surface area contributed by atoms with Gasteiger partial charge in [0.25, 0.3) is 0 Å². The second-order valence-electron chi connectivity index (χ2n) is 5.33. The summed E-state index contributed by atoms with van der Waals surface area (Å²) >= 11 is 1.85. The Balaban J connectivity index is 1.65. The Kier molecular flexibility index (Phi) is 4.99. The zero-order chi connectivity index (χ0) is 12.1. The SMILES string of the molecule is CCc1cnc(CNCC2CCC(C)CC2)s1. The van der Waals surface area contributed by atoms with Crippen LogP contribution in [-0.4, -0.2) is 11.5 Å². The maximum absolute atomic E-state index is 4.44. The molecule has 0 amide bonds. The standard InChI is InChI=1S/C14H24N2S/c1-3-13-9-16-14(17-13)10-15-8-12-6-4-11(2)5-7-12/h9,11-12,15H,3-8,10H2,1-2H3. The lowest BCUT2D eigenvalue weighted by Gasteiger charge is -2.26. The first-order valence-corrected chi connectivity index (χ1v) is 7.74. The van der Waals surface area contributed by atoms with E-state index in [1.54, 1.807) is 0 Å². The van der Waals surface area contributed by atoms with Crippen LogP contribution < -0.4 is 5.32 Å². The van der Waals surface area contributed by atoms with Gasteiger partial charge >= 0.3 is 0 Å². The fourth-order valence-corrected chi connectivity index (χ4v) is 3.34. The number of aryl methyl sites for hydroxylation is 1. The highest BCUT2D eigenvalue weighted by atomic mass is 32.1. The summed E-state index contributed by atoms with van der Waals surface area (Å²) in [6.07, 6.45) is 8.79. The Labute approximate surface area is 109 Å². The van der Waals surface area contributed by atoms with Crippen molar-refractivity contribution in [3.63, 3.8) is 0 Å². The topological polar surface area (TPSA) is 24.9 Å². The van der Waals surface area contributed by atoms with Crippen LogP contribution in [0.25, 0.3) is 0 Å². The van der Waals surface area contributed by atoms with E-state index in [1.165, 1.54) is 42.1 Å². The molecule has 2 nitrogen and oxygen atoms in total. The molecule has 1 aromatic rings. The van der Waals surface area contributed by atoms with Crippen molar-refractivity contribution in [1.29, 1.82) is 0 Å². The van der Waals surface area contributed by atoms with Crippen LogP contribution in [0, 0.1) is 11.8 Å². The van der Waals surface area contributed by atoms with E-state index < -0.39 is 0 Å². The van der Waals surface area contributed by atoms with Crippen LogP contribution in [0.3, 0.4) is 0 Å². The van der Waals surface area contributed by atoms with E-state index in [1.807, 2.05) is 17.5 Å². The molecule has 0 saturated heterocycles. The summed E-state index contributed by atoms with van der Waals surface area (Å²) in [7, 11) is 0. The van der Waals surface area contributed by atoms with Crippen molar-refractivity contribution in [2.24, 2.45) is 11.8 Å². The van der Waals surface area contributed by atoms with E-state index in [0.717, 1.165) is 24.8 Å². The zero-order valence-electron chi connectivity index (χ0n) is 11.0. The van der Waals surface area contributed by atoms with Crippen LogP contribution in [0.5, 0.6) is 0 Å². The van der Waals surface area contributed by atoms with Gasteiger partial charge in [0.1, 0.15) is 5.01 Å². The normalized spacial score (nSPS) is 25.1. The van der Waals surface area contributed by atoms with Gasteiger partial charge in [-0.2, -0.15) is 0 Å². The van der Waals surface area contributed by atoms with E-state index in [4.69, 9.17) is 0 Å². The van der Waals surface area contributed by atoms with Gasteiger partial charge in [-0.25, -0.2) is 4.98 Å². The highest BCUT2D eigenvalue weighted by Crippen LogP contribution is 2.27. The second-order valence-corrected chi connectivity index (χ2v) is 6.53. The molecule has 3 heteroatoms. The summed E-state index contributed by atoms with van der Waals surface area (Å²) in [5.41, 5.74) is 0. The van der Waals surface area contributed by atoms with Gasteiger partial charge in [-0.05, 0) is 37.6 Å². The molecule has 1 saturated carbocycles. The molecule has 17 heavy (non-hydrogen) atoms. The van der Waals surface area contributed by atoms with Crippen molar-refractivity contribution in [2.45, 2.75) is 52.5 Å². The minimum Gasteiger partial charge on any atom is -0.310 e. The summed E-state index contributed by atoms with van der Waals surface area (Å²) in [5, 5.41) is 4.81. The van der Waals surface area contributed by atoms with Crippen molar-refractivity contribution in [3.8, 4) is 0 Å². The Morgan fingerprint density at radius 2 is 2.12 bits per heavy atom. The molecule has 2 rings (SSSR count). The van der Waals surface area contributed by atoms with Gasteiger partial charge in [-0.1, -0.05) is 26.7 Å². The third-order valence-corrected chi connectivity index (χ3v) is 4.94. The first-order valence-electron chi connectivity index (χ1n) is 6.92. The van der Waals surface area contributed by atoms with Crippen LogP contribution in [0.4, 0.5) is 0 Å². The predicted molar refractivity (Wildman–Crippen MR) is 74.3 cm³/mol. The fourth-order valence-electron chi connectivity index (χ4n) is 2.51. The highest BCUT2D eigenvalue weighted by molar-refractivity contribution is 7.11. The quantitative estimate of drug-likeness (QED) is 0.865. The maximum Gasteiger partial charge on any atom is 0.107 e. The Morgan fingerprint density at radius 3 is 2.76 bits per heavy atom. The Morgan fingerprint density at radius 1 is 1.35 bits per heavy atom. The molecule has 0 radical (unpaired) electrons. The van der Waals surface area contributed by atoms with E-state index >= 15 is 0 Å². The third kappa shape index (κ3) is 4.07. The van der Waals surface area contributed by atoms with Crippen LogP contribution in [0.15, 0.2) is 6.20 Å². The highest BCUT2D eigenvalue weighted by Gasteiger charge is 2.17. The molecule has 96 valence electrons. The number of aromatic nitrogens is 1. The van der Waals surface area contributed by atoms with Crippen molar-refractivity contribution >= 4 is 11.3 Å². The lowest BCUT2D eigenvalue weighted by molar-refractivity contribution is 0.281. The van der Waals surface area contributed by atoms with Crippen molar-refractivity contribution in [3.05, 3.63) is 16.1 Å². The van der Waals surface area contributed by atoms with Gasteiger partial charge < -0.3 is 5.32 Å². The molecule has 0 bridgehead atoms. The molecule has 1 aliphatic carbocycles. The van der Waals surface area contributed by atoms with Gasteiger partial charge in [-0.3, -0.25) is 0 Å². The number of hydrogen-bond acceptors (Lipinski definition) is 3. The summed E-state index contributed by atoms with van der Waals surface area (Å²) in [4.78, 5) is 5.83. The number of rotatable bonds is 5. The van der Waals surface area contributed by atoms with Gasteiger partial charge in [0.15, 0.2) is 0 Å². The number of nitrogens with zero attached hydrogens (tertiary/aromatic N) is 1. The molecule has 0 atom stereocenters. The van der Waals surface area contributed by atoms with Crippen LogP contribution in [0.1, 0.15) is 49.4 Å². The number of hydrogen-bond donors (Lipinski definition) is 1. The fraction of sp³-hybridized carbons (Fsp3) is 0.786. The molecule has 0 spiro atoms. The third-order valence-electron chi connectivity index (χ3n) is 3.79. The van der Waals surface area contributed by atoms with Gasteiger partial charge in [0, 0.05) is 17.6 Å². The van der Waals surface area contributed by atoms with E-state index in [0.29, 0.717) is 0 Å². The summed E-state index contributed by atoms with van der Waals surface area (Å²) in [6, 6.07) is 0. The molecular formula is C14H24N2S. The van der Waals surface area contributed by atoms with Gasteiger partial charge in [-0.15, -0.1) is 11.3 Å². The minimum atomic E-state index is 0.900. The van der Waals surface area contributed by atoms with Gasteiger partial charge in [0.05, 0.1) is 0 Å². The Hall–Kier alpha value is -0.410. The van der Waals surface area contributed by atoms with E-state index in [-0.39, 0.29) is 0 Å². The molecule has 1 aromatic heterocycles. The first kappa shape index (κ1) is 13.0. The molecule has 1 heterocycles. The van der Waals surface area contributed by atoms with Crippen molar-refractivity contribution in [2.75, 3.05) is 6.54 Å². The van der Waals surface area contributed by atoms with Gasteiger partial charge in [0.2, 0.25) is 0 Å². The number of thiazole rings is 1. The lowest BCUT2D eigenvalue weighted by Crippen LogP contribution is -2.25. The molecule has 1 fully saturated rings. The predicted octanol–water partition coefficient (Wildman–Crippen LogP) is 3.62. The summed E-state index contributed by atoms with van der Waals surface area (Å²) in [6.45, 7) is 6.70. The smallest absolute Gasteiger partial charge is 0.107 e. The molecule has 0 unspecified atom stereocenters. The molecule has 0 aromatic carbocycles. The first-order chi connectivity index (χ1) is 8.28. The molecule has 0 aliphatic heterocycles. The monoisotopic (exact) mass is 252 g/mol. The molecule has 1 N–H and O–H groups in total. The second kappa shape index (κ2) is 6.50. The lowest BCUT2D eigenvalue weighted by atomic mass is 9.83. The van der Waals surface area contributed by atoms with E-state index in [2.05, 4.69) is 24.1 Å². The minimum absolute atomic E-state index is 0.900. The van der Waals surface area contributed by atoms with Crippen molar-refractivity contribution in [1.82, 2.24) is 10.3 Å². The summed E-state index contributed by atoms with van der Waals surface area (Å²) < 4.78 is 0. The van der Waals surface area contributed by atoms with Crippen molar-refractivity contribution < 1.29 is 0 Å².